The molecule has 0 spiro atoms. The second-order valence-electron chi connectivity index (χ2n) is 3.90. The van der Waals surface area contributed by atoms with Crippen LogP contribution in [0.3, 0.4) is 0 Å². The van der Waals surface area contributed by atoms with Gasteiger partial charge in [-0.15, -0.1) is 6.58 Å². The minimum Gasteiger partial charge on any atom is -0.386 e. The number of rotatable bonds is 6. The van der Waals surface area contributed by atoms with E-state index in [1.807, 2.05) is 0 Å². The summed E-state index contributed by atoms with van der Waals surface area (Å²) < 4.78 is 0. The van der Waals surface area contributed by atoms with E-state index < -0.39 is 5.60 Å². The van der Waals surface area contributed by atoms with Crippen molar-refractivity contribution in [2.24, 2.45) is 0 Å². The Balaban J connectivity index is 3.77. The number of allylic oxidation sites excluding steroid dienone is 2. The zero-order valence-electron chi connectivity index (χ0n) is 9.14. The second-order valence-corrected chi connectivity index (χ2v) is 3.90. The van der Waals surface area contributed by atoms with Crippen molar-refractivity contribution in [2.45, 2.75) is 52.1 Å². The fraction of sp³-hybridized carbons (Fsp3) is 0.667. The summed E-state index contributed by atoms with van der Waals surface area (Å²) in [6.07, 6.45) is 7.87. The van der Waals surface area contributed by atoms with Crippen molar-refractivity contribution in [3.63, 3.8) is 0 Å². The van der Waals surface area contributed by atoms with E-state index in [0.29, 0.717) is 0 Å². The first-order chi connectivity index (χ1) is 6.02. The van der Waals surface area contributed by atoms with Gasteiger partial charge in [-0.25, -0.2) is 0 Å². The minimum absolute atomic E-state index is 0.705. The lowest BCUT2D eigenvalue weighted by molar-refractivity contribution is 0.103. The Kier molecular flexibility index (Phi) is 5.72. The summed E-state index contributed by atoms with van der Waals surface area (Å²) in [7, 11) is 0. The molecule has 0 aliphatic carbocycles. The third-order valence-electron chi connectivity index (χ3n) is 2.23. The van der Waals surface area contributed by atoms with Crippen molar-refractivity contribution in [1.82, 2.24) is 0 Å². The summed E-state index contributed by atoms with van der Waals surface area (Å²) in [6, 6.07) is 0. The van der Waals surface area contributed by atoms with E-state index in [1.165, 1.54) is 12.0 Å². The standard InChI is InChI=1S/C12H22O/c1-5-8-11(3)9-7-10-12(4,13)6-2/h6,9,13H,2,5,7-8,10H2,1,3-4H3. The van der Waals surface area contributed by atoms with E-state index in [-0.39, 0.29) is 0 Å². The summed E-state index contributed by atoms with van der Waals surface area (Å²) in [5.74, 6) is 0. The summed E-state index contributed by atoms with van der Waals surface area (Å²) in [4.78, 5) is 0. The van der Waals surface area contributed by atoms with Crippen molar-refractivity contribution in [3.8, 4) is 0 Å². The van der Waals surface area contributed by atoms with Crippen molar-refractivity contribution in [1.29, 1.82) is 0 Å². The molecule has 1 nitrogen and oxygen atoms in total. The monoisotopic (exact) mass is 182 g/mol. The molecule has 0 fully saturated rings. The highest BCUT2D eigenvalue weighted by Crippen LogP contribution is 2.15. The topological polar surface area (TPSA) is 20.2 Å². The summed E-state index contributed by atoms with van der Waals surface area (Å²) in [5.41, 5.74) is 0.713. The van der Waals surface area contributed by atoms with Crippen molar-refractivity contribution >= 4 is 0 Å². The van der Waals surface area contributed by atoms with Crippen LogP contribution in [-0.4, -0.2) is 10.7 Å². The maximum atomic E-state index is 9.62. The smallest absolute Gasteiger partial charge is 0.0800 e. The molecule has 0 saturated carbocycles. The molecule has 0 aromatic rings. The molecule has 0 aliphatic rings. The Bertz CT molecular complexity index is 178. The maximum Gasteiger partial charge on any atom is 0.0800 e. The van der Waals surface area contributed by atoms with Crippen molar-refractivity contribution in [3.05, 3.63) is 24.3 Å². The van der Waals surface area contributed by atoms with Gasteiger partial charge in [0.15, 0.2) is 0 Å². The van der Waals surface area contributed by atoms with E-state index in [9.17, 15) is 5.11 Å². The van der Waals surface area contributed by atoms with Gasteiger partial charge in [0.2, 0.25) is 0 Å². The first-order valence-corrected chi connectivity index (χ1v) is 5.03. The molecule has 0 amide bonds. The van der Waals surface area contributed by atoms with E-state index >= 15 is 0 Å². The predicted molar refractivity (Wildman–Crippen MR) is 58.7 cm³/mol. The van der Waals surface area contributed by atoms with Crippen LogP contribution in [0.4, 0.5) is 0 Å². The lowest BCUT2D eigenvalue weighted by Crippen LogP contribution is -2.19. The highest BCUT2D eigenvalue weighted by molar-refractivity contribution is 5.00. The Labute approximate surface area is 82.2 Å². The highest BCUT2D eigenvalue weighted by atomic mass is 16.3. The Morgan fingerprint density at radius 2 is 2.15 bits per heavy atom. The molecule has 0 aliphatic heterocycles. The quantitative estimate of drug-likeness (QED) is 0.624. The molecule has 1 N–H and O–H groups in total. The zero-order chi connectivity index (χ0) is 10.3. The number of aliphatic hydroxyl groups is 1. The highest BCUT2D eigenvalue weighted by Gasteiger charge is 2.12. The second kappa shape index (κ2) is 5.98. The van der Waals surface area contributed by atoms with Gasteiger partial charge in [0, 0.05) is 0 Å². The summed E-state index contributed by atoms with van der Waals surface area (Å²) in [5, 5.41) is 9.62. The van der Waals surface area contributed by atoms with Gasteiger partial charge in [0.1, 0.15) is 0 Å². The van der Waals surface area contributed by atoms with Crippen LogP contribution in [0.1, 0.15) is 46.5 Å². The van der Waals surface area contributed by atoms with Crippen LogP contribution in [0.15, 0.2) is 24.3 Å². The van der Waals surface area contributed by atoms with E-state index in [4.69, 9.17) is 0 Å². The Morgan fingerprint density at radius 1 is 1.54 bits per heavy atom. The Hall–Kier alpha value is -0.560. The summed E-state index contributed by atoms with van der Waals surface area (Å²) in [6.45, 7) is 9.71. The van der Waals surface area contributed by atoms with Gasteiger partial charge in [-0.1, -0.05) is 31.1 Å². The van der Waals surface area contributed by atoms with Crippen molar-refractivity contribution < 1.29 is 5.11 Å². The maximum absolute atomic E-state index is 9.62. The largest absolute Gasteiger partial charge is 0.386 e. The fourth-order valence-corrected chi connectivity index (χ4v) is 1.21. The van der Waals surface area contributed by atoms with Crippen LogP contribution in [0.25, 0.3) is 0 Å². The molecule has 0 rings (SSSR count). The van der Waals surface area contributed by atoms with Crippen LogP contribution < -0.4 is 0 Å². The van der Waals surface area contributed by atoms with Gasteiger partial charge in [0.25, 0.3) is 0 Å². The van der Waals surface area contributed by atoms with Crippen LogP contribution >= 0.6 is 0 Å². The third-order valence-corrected chi connectivity index (χ3v) is 2.23. The number of hydrogen-bond donors (Lipinski definition) is 1. The molecule has 76 valence electrons. The van der Waals surface area contributed by atoms with Gasteiger partial charge < -0.3 is 5.11 Å². The van der Waals surface area contributed by atoms with Gasteiger partial charge in [-0.3, -0.25) is 0 Å². The van der Waals surface area contributed by atoms with Crippen LogP contribution in [0.5, 0.6) is 0 Å². The van der Waals surface area contributed by atoms with Crippen LogP contribution in [0.2, 0.25) is 0 Å². The molecule has 0 heterocycles. The molecule has 0 bridgehead atoms. The molecule has 0 radical (unpaired) electrons. The van der Waals surface area contributed by atoms with Crippen LogP contribution in [0, 0.1) is 0 Å². The minimum atomic E-state index is -0.705. The van der Waals surface area contributed by atoms with Gasteiger partial charge in [0.05, 0.1) is 5.60 Å². The predicted octanol–water partition coefficient (Wildman–Crippen LogP) is 3.45. The van der Waals surface area contributed by atoms with E-state index in [1.54, 1.807) is 13.0 Å². The van der Waals surface area contributed by atoms with Crippen molar-refractivity contribution in [2.75, 3.05) is 0 Å². The lowest BCUT2D eigenvalue weighted by Gasteiger charge is -2.16. The molecule has 0 aromatic carbocycles. The third kappa shape index (κ3) is 6.59. The molecule has 1 atom stereocenters. The normalized spacial score (nSPS) is 16.8. The first kappa shape index (κ1) is 12.4. The van der Waals surface area contributed by atoms with E-state index in [0.717, 1.165) is 19.3 Å². The van der Waals surface area contributed by atoms with Gasteiger partial charge in [-0.05, 0) is 33.1 Å². The molecule has 0 saturated heterocycles. The van der Waals surface area contributed by atoms with Crippen LogP contribution in [-0.2, 0) is 0 Å². The average molecular weight is 182 g/mol. The lowest BCUT2D eigenvalue weighted by atomic mass is 9.99. The molecule has 13 heavy (non-hydrogen) atoms. The number of hydrogen-bond acceptors (Lipinski definition) is 1. The molecular formula is C12H22O. The average Bonchev–Trinajstić information content (AvgIpc) is 2.05. The van der Waals surface area contributed by atoms with E-state index in [2.05, 4.69) is 26.5 Å². The molecule has 1 heteroatoms. The fourth-order valence-electron chi connectivity index (χ4n) is 1.21. The van der Waals surface area contributed by atoms with Gasteiger partial charge >= 0.3 is 0 Å². The first-order valence-electron chi connectivity index (χ1n) is 5.03. The Morgan fingerprint density at radius 3 is 2.62 bits per heavy atom. The molecule has 0 aromatic heterocycles. The zero-order valence-corrected chi connectivity index (χ0v) is 9.14. The molecular weight excluding hydrogens is 160 g/mol. The SMILES string of the molecule is C=CC(C)(O)CCC=C(C)CCC. The summed E-state index contributed by atoms with van der Waals surface area (Å²) >= 11 is 0. The van der Waals surface area contributed by atoms with Gasteiger partial charge in [-0.2, -0.15) is 0 Å². The molecule has 1 unspecified atom stereocenters.